The summed E-state index contributed by atoms with van der Waals surface area (Å²) in [5.74, 6) is 6.35. The highest BCUT2D eigenvalue weighted by Crippen LogP contribution is 2.33. The molecular formula is C22H20N2S. The maximum Gasteiger partial charge on any atom is 0.167 e. The lowest BCUT2D eigenvalue weighted by molar-refractivity contribution is 0.312. The highest BCUT2D eigenvalue weighted by Gasteiger charge is 2.25. The molecule has 0 aliphatic heterocycles. The van der Waals surface area contributed by atoms with Gasteiger partial charge in [-0.25, -0.2) is 9.97 Å². The Labute approximate surface area is 153 Å². The smallest absolute Gasteiger partial charge is 0.167 e. The minimum Gasteiger partial charge on any atom is -0.244 e. The minimum absolute atomic E-state index is 0.386. The summed E-state index contributed by atoms with van der Waals surface area (Å²) in [5, 5.41) is 0.833. The maximum absolute atomic E-state index is 4.76. The number of hydrogen-bond donors (Lipinski definition) is 0. The predicted octanol–water partition coefficient (Wildman–Crippen LogP) is 5.12. The van der Waals surface area contributed by atoms with Crippen molar-refractivity contribution >= 4 is 11.3 Å². The van der Waals surface area contributed by atoms with Crippen LogP contribution in [0.2, 0.25) is 0 Å². The van der Waals surface area contributed by atoms with E-state index in [9.17, 15) is 0 Å². The molecule has 1 aliphatic carbocycles. The van der Waals surface area contributed by atoms with Gasteiger partial charge in [-0.1, -0.05) is 50.2 Å². The lowest BCUT2D eigenvalue weighted by atomic mass is 9.76. The summed E-state index contributed by atoms with van der Waals surface area (Å²) in [7, 11) is 0. The lowest BCUT2D eigenvalue weighted by Gasteiger charge is -2.30. The van der Waals surface area contributed by atoms with Crippen LogP contribution in [0.1, 0.15) is 42.2 Å². The first-order chi connectivity index (χ1) is 12.1. The zero-order valence-corrected chi connectivity index (χ0v) is 15.4. The summed E-state index contributed by atoms with van der Waals surface area (Å²) in [6.07, 6.45) is 5.24. The normalized spacial score (nSPS) is 15.1. The third kappa shape index (κ3) is 3.65. The summed E-state index contributed by atoms with van der Waals surface area (Å²) in [5.41, 5.74) is 5.01. The second-order valence-electron chi connectivity index (χ2n) is 7.29. The Bertz CT molecular complexity index is 958. The van der Waals surface area contributed by atoms with Crippen molar-refractivity contribution in [3.63, 3.8) is 0 Å². The van der Waals surface area contributed by atoms with Crippen LogP contribution in [0.25, 0.3) is 10.4 Å². The van der Waals surface area contributed by atoms with Gasteiger partial charge in [0.05, 0.1) is 4.88 Å². The van der Waals surface area contributed by atoms with Gasteiger partial charge in [-0.2, -0.15) is 0 Å². The molecule has 0 bridgehead atoms. The largest absolute Gasteiger partial charge is 0.244 e. The predicted molar refractivity (Wildman–Crippen MR) is 104 cm³/mol. The zero-order valence-electron chi connectivity index (χ0n) is 14.5. The van der Waals surface area contributed by atoms with Crippen LogP contribution >= 0.6 is 11.3 Å². The highest BCUT2D eigenvalue weighted by atomic mass is 32.1. The summed E-state index contributed by atoms with van der Waals surface area (Å²) in [4.78, 5) is 10.3. The molecule has 0 saturated heterocycles. The first-order valence-electron chi connectivity index (χ1n) is 8.61. The Hall–Kier alpha value is -2.44. The number of rotatable bonds is 1. The van der Waals surface area contributed by atoms with Gasteiger partial charge < -0.3 is 0 Å². The van der Waals surface area contributed by atoms with Crippen LogP contribution in [0, 0.1) is 17.3 Å². The van der Waals surface area contributed by atoms with E-state index in [4.69, 9.17) is 4.98 Å². The number of aromatic nitrogens is 2. The Kier molecular flexibility index (Phi) is 4.15. The minimum atomic E-state index is 0.386. The van der Waals surface area contributed by atoms with E-state index in [0.29, 0.717) is 5.41 Å². The quantitative estimate of drug-likeness (QED) is 0.573. The van der Waals surface area contributed by atoms with Gasteiger partial charge in [-0.05, 0) is 53.7 Å². The molecule has 124 valence electrons. The summed E-state index contributed by atoms with van der Waals surface area (Å²) in [6, 6.07) is 14.5. The fourth-order valence-electron chi connectivity index (χ4n) is 3.22. The number of hydrogen-bond acceptors (Lipinski definition) is 3. The Balaban J connectivity index is 1.55. The molecule has 1 aromatic carbocycles. The summed E-state index contributed by atoms with van der Waals surface area (Å²) in [6.45, 7) is 4.66. The summed E-state index contributed by atoms with van der Waals surface area (Å²) >= 11 is 1.62. The molecule has 0 saturated carbocycles. The van der Waals surface area contributed by atoms with Gasteiger partial charge in [-0.3, -0.25) is 0 Å². The molecule has 0 atom stereocenters. The molecular weight excluding hydrogens is 324 g/mol. The fourth-order valence-corrected chi connectivity index (χ4v) is 4.00. The van der Waals surface area contributed by atoms with E-state index in [2.05, 4.69) is 48.9 Å². The number of nitrogens with zero attached hydrogens (tertiary/aromatic N) is 2. The van der Waals surface area contributed by atoms with Crippen molar-refractivity contribution in [2.24, 2.45) is 5.41 Å². The third-order valence-electron chi connectivity index (χ3n) is 4.64. The van der Waals surface area contributed by atoms with E-state index in [-0.39, 0.29) is 0 Å². The van der Waals surface area contributed by atoms with Crippen molar-refractivity contribution < 1.29 is 0 Å². The molecule has 0 spiro atoms. The number of benzene rings is 1. The molecule has 0 fully saturated rings. The number of aryl methyl sites for hydroxylation is 1. The van der Waals surface area contributed by atoms with Crippen molar-refractivity contribution in [3.8, 4) is 22.3 Å². The molecule has 2 aromatic heterocycles. The van der Waals surface area contributed by atoms with Crippen LogP contribution in [0.5, 0.6) is 0 Å². The molecule has 3 aromatic rings. The Morgan fingerprint density at radius 1 is 1.04 bits per heavy atom. The van der Waals surface area contributed by atoms with Gasteiger partial charge in [0.1, 0.15) is 5.69 Å². The highest BCUT2D eigenvalue weighted by molar-refractivity contribution is 7.15. The molecule has 0 radical (unpaired) electrons. The molecule has 2 nitrogen and oxygen atoms in total. The number of pyridine rings is 1. The van der Waals surface area contributed by atoms with Gasteiger partial charge in [0.25, 0.3) is 0 Å². The van der Waals surface area contributed by atoms with Gasteiger partial charge in [0, 0.05) is 11.9 Å². The van der Waals surface area contributed by atoms with Crippen molar-refractivity contribution in [1.29, 1.82) is 0 Å². The van der Waals surface area contributed by atoms with Gasteiger partial charge in [0.15, 0.2) is 5.01 Å². The van der Waals surface area contributed by atoms with Crippen LogP contribution in [0.4, 0.5) is 0 Å². The van der Waals surface area contributed by atoms with E-state index in [1.165, 1.54) is 23.2 Å². The molecule has 0 amide bonds. The average Bonchev–Trinajstić information content (AvgIpc) is 3.09. The standard InChI is InChI=1S/C22H20N2S/c1-22(2)13-12-19-17(14-22)8-9-18(24-19)10-11-21-23-15-20(25-21)16-6-4-3-5-7-16/h3-9,15H,12-14H2,1-2H3. The number of thiazole rings is 1. The van der Waals surface area contributed by atoms with Crippen LogP contribution < -0.4 is 0 Å². The SMILES string of the molecule is CC1(C)CCc2nc(C#Cc3ncc(-c4ccccc4)s3)ccc2C1. The van der Waals surface area contributed by atoms with Crippen molar-refractivity contribution in [2.45, 2.75) is 33.1 Å². The zero-order chi connectivity index (χ0) is 17.3. The first-order valence-corrected chi connectivity index (χ1v) is 9.43. The second-order valence-corrected chi connectivity index (χ2v) is 8.32. The van der Waals surface area contributed by atoms with Crippen LogP contribution in [-0.4, -0.2) is 9.97 Å². The molecule has 25 heavy (non-hydrogen) atoms. The van der Waals surface area contributed by atoms with Gasteiger partial charge in [-0.15, -0.1) is 11.3 Å². The molecule has 3 heteroatoms. The van der Waals surface area contributed by atoms with Gasteiger partial charge in [0.2, 0.25) is 0 Å². The van der Waals surface area contributed by atoms with Crippen LogP contribution in [0.15, 0.2) is 48.7 Å². The van der Waals surface area contributed by atoms with E-state index in [1.54, 1.807) is 11.3 Å². The average molecular weight is 344 g/mol. The van der Waals surface area contributed by atoms with E-state index in [1.807, 2.05) is 30.5 Å². The van der Waals surface area contributed by atoms with Gasteiger partial charge >= 0.3 is 0 Å². The third-order valence-corrected chi connectivity index (χ3v) is 5.60. The Morgan fingerprint density at radius 3 is 2.72 bits per heavy atom. The maximum atomic E-state index is 4.76. The molecule has 1 aliphatic rings. The number of fused-ring (bicyclic) bond motifs is 1. The van der Waals surface area contributed by atoms with Crippen molar-refractivity contribution in [3.05, 3.63) is 70.6 Å². The molecule has 4 rings (SSSR count). The molecule has 0 unspecified atom stereocenters. The van der Waals surface area contributed by atoms with Crippen molar-refractivity contribution in [1.82, 2.24) is 9.97 Å². The lowest BCUT2D eigenvalue weighted by Crippen LogP contribution is -2.23. The topological polar surface area (TPSA) is 25.8 Å². The van der Waals surface area contributed by atoms with Crippen LogP contribution in [0.3, 0.4) is 0 Å². The second kappa shape index (κ2) is 6.46. The molecule has 0 N–H and O–H groups in total. The first kappa shape index (κ1) is 16.1. The molecule has 2 heterocycles. The Morgan fingerprint density at radius 2 is 1.88 bits per heavy atom. The van der Waals surface area contributed by atoms with E-state index >= 15 is 0 Å². The van der Waals surface area contributed by atoms with Crippen LogP contribution in [-0.2, 0) is 12.8 Å². The van der Waals surface area contributed by atoms with E-state index in [0.717, 1.165) is 28.4 Å². The van der Waals surface area contributed by atoms with E-state index < -0.39 is 0 Å². The van der Waals surface area contributed by atoms with Crippen molar-refractivity contribution in [2.75, 3.05) is 0 Å². The monoisotopic (exact) mass is 344 g/mol. The fraction of sp³-hybridized carbons (Fsp3) is 0.273. The summed E-state index contributed by atoms with van der Waals surface area (Å²) < 4.78 is 0.